The van der Waals surface area contributed by atoms with E-state index in [4.69, 9.17) is 28.9 Å². The molecular weight excluding hydrogens is 797 g/mol. The first-order valence-corrected chi connectivity index (χ1v) is 23.9. The Kier molecular flexibility index (Phi) is 12.6. The Morgan fingerprint density at radius 1 is 1.00 bits per heavy atom. The van der Waals surface area contributed by atoms with Crippen molar-refractivity contribution in [1.82, 2.24) is 19.9 Å². The molecule has 14 heteroatoms. The fourth-order valence-electron chi connectivity index (χ4n) is 9.98. The maximum absolute atomic E-state index is 17.7. The van der Waals surface area contributed by atoms with Gasteiger partial charge in [-0.3, -0.25) is 9.88 Å². The van der Waals surface area contributed by atoms with E-state index in [-0.39, 0.29) is 66.5 Å². The van der Waals surface area contributed by atoms with Crippen molar-refractivity contribution in [2.75, 3.05) is 45.1 Å². The normalized spacial score (nSPS) is 18.8. The second-order valence-corrected chi connectivity index (χ2v) is 24.8. The number of methoxy groups -OCH3 is 1. The van der Waals surface area contributed by atoms with Crippen molar-refractivity contribution in [1.29, 1.82) is 0 Å². The molecule has 0 radical (unpaired) electrons. The number of pyridine rings is 1. The zero-order valence-electron chi connectivity index (χ0n) is 37.3. The maximum Gasteiger partial charge on any atom is 0.410 e. The van der Waals surface area contributed by atoms with E-state index in [1.165, 1.54) is 13.2 Å². The number of anilines is 1. The van der Waals surface area contributed by atoms with E-state index >= 15 is 8.78 Å². The van der Waals surface area contributed by atoms with Crippen molar-refractivity contribution in [3.8, 4) is 34.5 Å². The fraction of sp³-hybridized carbons (Fsp3) is 0.574. The summed E-state index contributed by atoms with van der Waals surface area (Å²) in [5.74, 6) is 2.88. The van der Waals surface area contributed by atoms with Crippen molar-refractivity contribution in [3.63, 3.8) is 0 Å². The quantitative estimate of drug-likeness (QED) is 0.0838. The molecule has 1 saturated carbocycles. The van der Waals surface area contributed by atoms with Crippen LogP contribution in [0, 0.1) is 28.5 Å². The van der Waals surface area contributed by atoms with Gasteiger partial charge in [0.05, 0.1) is 36.2 Å². The topological polar surface area (TPSA) is 119 Å². The fourth-order valence-corrected chi connectivity index (χ4v) is 15.2. The lowest BCUT2D eigenvalue weighted by Crippen LogP contribution is -2.57. The van der Waals surface area contributed by atoms with Crippen molar-refractivity contribution in [2.24, 2.45) is 5.41 Å². The summed E-state index contributed by atoms with van der Waals surface area (Å²) >= 11 is 0. The van der Waals surface area contributed by atoms with Crippen LogP contribution in [0.15, 0.2) is 30.5 Å². The van der Waals surface area contributed by atoms with Crippen LogP contribution in [0.25, 0.3) is 32.9 Å². The lowest BCUT2D eigenvalue weighted by atomic mass is 9.70. The summed E-state index contributed by atoms with van der Waals surface area (Å²) in [6, 6.07) is 6.13. The van der Waals surface area contributed by atoms with Gasteiger partial charge in [-0.05, 0) is 86.7 Å². The molecule has 4 aromatic rings. The Labute approximate surface area is 359 Å². The second-order valence-electron chi connectivity index (χ2n) is 19.2. The molecule has 1 N–H and O–H groups in total. The van der Waals surface area contributed by atoms with Gasteiger partial charge >= 0.3 is 12.1 Å². The van der Waals surface area contributed by atoms with Crippen LogP contribution in [-0.4, -0.2) is 97.0 Å². The monoisotopic (exact) mass is 857 g/mol. The van der Waals surface area contributed by atoms with Crippen molar-refractivity contribution >= 4 is 41.7 Å². The first-order chi connectivity index (χ1) is 28.9. The minimum atomic E-state index is -2.31. The zero-order valence-corrected chi connectivity index (χ0v) is 38.3. The molecule has 328 valence electrons. The summed E-state index contributed by atoms with van der Waals surface area (Å²) in [4.78, 5) is 31.6. The predicted molar refractivity (Wildman–Crippen MR) is 237 cm³/mol. The van der Waals surface area contributed by atoms with Crippen LogP contribution in [0.5, 0.6) is 11.8 Å². The number of benzene rings is 2. The molecule has 2 atom stereocenters. The van der Waals surface area contributed by atoms with E-state index in [2.05, 4.69) is 62.9 Å². The lowest BCUT2D eigenvalue weighted by Gasteiger charge is -2.42. The molecule has 3 aliphatic rings. The Balaban J connectivity index is 1.40. The number of carbonyl (C=O) groups excluding carboxylic acids is 1. The van der Waals surface area contributed by atoms with Gasteiger partial charge in [0.2, 0.25) is 0 Å². The Hall–Kier alpha value is -4.58. The van der Waals surface area contributed by atoms with E-state index in [0.29, 0.717) is 57.4 Å². The number of piperazine rings is 1. The third-order valence-corrected chi connectivity index (χ3v) is 19.5. The highest BCUT2D eigenvalue weighted by atomic mass is 28.3. The number of aliphatic hydroxyl groups excluding tert-OH is 1. The third-order valence-electron chi connectivity index (χ3n) is 13.2. The van der Waals surface area contributed by atoms with Crippen molar-refractivity contribution < 1.29 is 37.6 Å². The first kappa shape index (κ1) is 44.5. The van der Waals surface area contributed by atoms with Crippen molar-refractivity contribution in [3.05, 3.63) is 47.7 Å². The molecule has 3 fully saturated rings. The minimum absolute atomic E-state index is 0.0233. The Morgan fingerprint density at radius 2 is 1.67 bits per heavy atom. The number of fused-ring (bicyclic) bond motifs is 4. The summed E-state index contributed by atoms with van der Waals surface area (Å²) < 4.78 is 57.1. The number of hydrogen-bond acceptors (Lipinski definition) is 10. The predicted octanol–water partition coefficient (Wildman–Crippen LogP) is 9.80. The number of halogens is 2. The third kappa shape index (κ3) is 8.50. The average Bonchev–Trinajstić information content (AvgIpc) is 3.45. The Morgan fingerprint density at radius 3 is 2.25 bits per heavy atom. The molecule has 7 rings (SSSR count). The highest BCUT2D eigenvalue weighted by Crippen LogP contribution is 2.44. The molecule has 2 bridgehead atoms. The summed E-state index contributed by atoms with van der Waals surface area (Å²) in [5.41, 5.74) is 3.91. The highest BCUT2D eigenvalue weighted by molar-refractivity contribution is 6.90. The van der Waals surface area contributed by atoms with Gasteiger partial charge in [0.15, 0.2) is 12.6 Å². The van der Waals surface area contributed by atoms with E-state index in [9.17, 15) is 9.90 Å². The zero-order chi connectivity index (χ0) is 44.0. The average molecular weight is 858 g/mol. The molecule has 2 aliphatic heterocycles. The summed E-state index contributed by atoms with van der Waals surface area (Å²) in [5, 5.41) is 11.6. The van der Waals surface area contributed by atoms with E-state index in [1.54, 1.807) is 24.4 Å². The van der Waals surface area contributed by atoms with E-state index < -0.39 is 30.7 Å². The van der Waals surface area contributed by atoms with Crippen LogP contribution in [0.1, 0.15) is 100.0 Å². The number of hydrogen-bond donors (Lipinski definition) is 1. The van der Waals surface area contributed by atoms with Crippen LogP contribution >= 0.6 is 0 Å². The molecule has 1 aliphatic carbocycles. The maximum atomic E-state index is 17.7. The lowest BCUT2D eigenvalue weighted by molar-refractivity contribution is -0.00268. The SMILES string of the molecule is COCOc1cc(-c2ncc3c(N4CC5CCC(C4)N5C(=O)OC(C)(C)C)nc(OCC4(CO)CCC4)nc3c2F)c2c(C#C[Si](C(C)C)(C(C)C)C(C)C)c(F)ccc2c1. The van der Waals surface area contributed by atoms with Crippen LogP contribution in [0.3, 0.4) is 0 Å². The van der Waals surface area contributed by atoms with Gasteiger partial charge in [-0.25, -0.2) is 13.6 Å². The number of amides is 1. The summed E-state index contributed by atoms with van der Waals surface area (Å²) in [6.07, 6.45) is 5.36. The van der Waals surface area contributed by atoms with Crippen LogP contribution in [0.2, 0.25) is 16.6 Å². The van der Waals surface area contributed by atoms with Crippen LogP contribution in [-0.2, 0) is 9.47 Å². The van der Waals surface area contributed by atoms with Gasteiger partial charge in [0.1, 0.15) is 42.3 Å². The number of ether oxygens (including phenoxy) is 4. The van der Waals surface area contributed by atoms with Gasteiger partial charge in [-0.2, -0.15) is 9.97 Å². The largest absolute Gasteiger partial charge is 0.468 e. The molecule has 11 nitrogen and oxygen atoms in total. The summed E-state index contributed by atoms with van der Waals surface area (Å²) in [6.45, 7) is 19.7. The van der Waals surface area contributed by atoms with E-state index in [1.807, 2.05) is 25.7 Å². The molecule has 2 aromatic heterocycles. The number of rotatable bonds is 12. The molecule has 61 heavy (non-hydrogen) atoms. The van der Waals surface area contributed by atoms with Gasteiger partial charge in [0.25, 0.3) is 0 Å². The van der Waals surface area contributed by atoms with E-state index in [0.717, 1.165) is 32.1 Å². The molecule has 2 aromatic carbocycles. The number of carbonyl (C=O) groups is 1. The van der Waals surface area contributed by atoms with Crippen LogP contribution < -0.4 is 14.4 Å². The van der Waals surface area contributed by atoms with Gasteiger partial charge in [-0.15, -0.1) is 5.54 Å². The van der Waals surface area contributed by atoms with Gasteiger partial charge in [-0.1, -0.05) is 60.0 Å². The molecule has 0 spiro atoms. The summed E-state index contributed by atoms with van der Waals surface area (Å²) in [7, 11) is -0.800. The molecule has 2 unspecified atom stereocenters. The smallest absolute Gasteiger partial charge is 0.410 e. The highest BCUT2D eigenvalue weighted by Gasteiger charge is 2.46. The number of aliphatic hydroxyl groups is 1. The molecule has 1 amide bonds. The molecular formula is C47H61F2N5O6Si. The standard InChI is InChI=1S/C47H61F2N5O6Si/c1-28(2)61(29(3)4,30(5)6)19-16-35-38(48)15-12-31-20-34(59-27-57-10)21-36(39(31)35)41-40(49)42-37(22-50-41)43(52-44(51-42)58-26-47(25-55)17-11-18-47)53-23-32-13-14-33(24-53)54(32)45(56)60-46(7,8)9/h12,15,20-22,28-30,32-33,55H,11,13-14,17-18,23-27H2,1-10H3. The Bertz CT molecular complexity index is 2310. The molecule has 2 saturated heterocycles. The first-order valence-electron chi connectivity index (χ1n) is 21.7. The second kappa shape index (κ2) is 17.3. The van der Waals surface area contributed by atoms with Gasteiger partial charge < -0.3 is 29.0 Å². The van der Waals surface area contributed by atoms with Crippen molar-refractivity contribution in [2.45, 2.75) is 129 Å². The minimum Gasteiger partial charge on any atom is -0.468 e. The van der Waals surface area contributed by atoms with Gasteiger partial charge in [0, 0.05) is 42.8 Å². The van der Waals surface area contributed by atoms with Crippen LogP contribution in [0.4, 0.5) is 19.4 Å². The number of aromatic nitrogens is 3. The molecule has 4 heterocycles. The number of nitrogens with zero attached hydrogens (tertiary/aromatic N) is 5.